The number of ether oxygens (including phenoxy) is 1. The molecule has 1 unspecified atom stereocenters. The van der Waals surface area contributed by atoms with E-state index in [1.165, 1.54) is 0 Å². The van der Waals surface area contributed by atoms with E-state index in [4.69, 9.17) is 10.5 Å². The smallest absolute Gasteiger partial charge is 0.124 e. The van der Waals surface area contributed by atoms with Gasteiger partial charge in [-0.05, 0) is 23.8 Å². The number of methoxy groups -OCH3 is 1. The quantitative estimate of drug-likeness (QED) is 0.939. The highest BCUT2D eigenvalue weighted by Crippen LogP contribution is 2.30. The summed E-state index contributed by atoms with van der Waals surface area (Å²) in [6.07, 6.45) is 0. The Morgan fingerprint density at radius 3 is 2.47 bits per heavy atom. The molecule has 17 heavy (non-hydrogen) atoms. The van der Waals surface area contributed by atoms with Crippen molar-refractivity contribution in [2.24, 2.45) is 5.73 Å². The summed E-state index contributed by atoms with van der Waals surface area (Å²) in [5.41, 5.74) is 8.31. The molecule has 0 radical (unpaired) electrons. The van der Waals surface area contributed by atoms with Crippen LogP contribution in [0.4, 0.5) is 0 Å². The zero-order valence-corrected chi connectivity index (χ0v) is 11.1. The number of benzene rings is 2. The van der Waals surface area contributed by atoms with Gasteiger partial charge in [-0.1, -0.05) is 46.3 Å². The van der Waals surface area contributed by atoms with Gasteiger partial charge in [0, 0.05) is 10.0 Å². The molecular formula is C14H14BrNO. The molecule has 2 nitrogen and oxygen atoms in total. The first kappa shape index (κ1) is 12.1. The van der Waals surface area contributed by atoms with E-state index in [9.17, 15) is 0 Å². The second-order valence-corrected chi connectivity index (χ2v) is 4.69. The van der Waals surface area contributed by atoms with Crippen LogP contribution in [0.3, 0.4) is 0 Å². The van der Waals surface area contributed by atoms with Crippen LogP contribution in [0.1, 0.15) is 17.2 Å². The number of hydrogen-bond acceptors (Lipinski definition) is 2. The molecule has 0 bridgehead atoms. The highest BCUT2D eigenvalue weighted by Gasteiger charge is 2.13. The molecule has 0 aliphatic rings. The van der Waals surface area contributed by atoms with Gasteiger partial charge in [0.1, 0.15) is 5.75 Å². The summed E-state index contributed by atoms with van der Waals surface area (Å²) in [5, 5.41) is 0. The van der Waals surface area contributed by atoms with E-state index in [2.05, 4.69) is 15.9 Å². The Hall–Kier alpha value is -1.32. The third kappa shape index (κ3) is 2.68. The first-order chi connectivity index (χ1) is 8.22. The fourth-order valence-electron chi connectivity index (χ4n) is 1.79. The van der Waals surface area contributed by atoms with Crippen LogP contribution in [-0.2, 0) is 0 Å². The minimum absolute atomic E-state index is 0.177. The highest BCUT2D eigenvalue weighted by atomic mass is 79.9. The Morgan fingerprint density at radius 1 is 1.12 bits per heavy atom. The molecular weight excluding hydrogens is 278 g/mol. The fraction of sp³-hybridized carbons (Fsp3) is 0.143. The first-order valence-electron chi connectivity index (χ1n) is 5.36. The third-order valence-corrected chi connectivity index (χ3v) is 3.18. The zero-order valence-electron chi connectivity index (χ0n) is 9.56. The van der Waals surface area contributed by atoms with Crippen LogP contribution >= 0.6 is 15.9 Å². The van der Waals surface area contributed by atoms with Crippen molar-refractivity contribution in [2.45, 2.75) is 6.04 Å². The second kappa shape index (κ2) is 5.34. The molecule has 0 saturated heterocycles. The standard InChI is InChI=1S/C14H14BrNO/c1-17-13-8-7-11(15)9-12(13)14(16)10-5-3-2-4-6-10/h2-9,14H,16H2,1H3. The van der Waals surface area contributed by atoms with Crippen LogP contribution in [0.15, 0.2) is 53.0 Å². The van der Waals surface area contributed by atoms with E-state index in [1.54, 1.807) is 7.11 Å². The summed E-state index contributed by atoms with van der Waals surface area (Å²) < 4.78 is 6.34. The lowest BCUT2D eigenvalue weighted by molar-refractivity contribution is 0.407. The van der Waals surface area contributed by atoms with Crippen molar-refractivity contribution in [1.82, 2.24) is 0 Å². The van der Waals surface area contributed by atoms with Gasteiger partial charge >= 0.3 is 0 Å². The van der Waals surface area contributed by atoms with E-state index in [-0.39, 0.29) is 6.04 Å². The summed E-state index contributed by atoms with van der Waals surface area (Å²) in [4.78, 5) is 0. The molecule has 0 saturated carbocycles. The topological polar surface area (TPSA) is 35.2 Å². The van der Waals surface area contributed by atoms with Gasteiger partial charge in [0.25, 0.3) is 0 Å². The Balaban J connectivity index is 2.43. The van der Waals surface area contributed by atoms with Gasteiger partial charge in [-0.2, -0.15) is 0 Å². The number of hydrogen-bond donors (Lipinski definition) is 1. The van der Waals surface area contributed by atoms with E-state index in [1.807, 2.05) is 48.5 Å². The average Bonchev–Trinajstić information content (AvgIpc) is 2.39. The molecule has 0 fully saturated rings. The van der Waals surface area contributed by atoms with Crippen molar-refractivity contribution in [2.75, 3.05) is 7.11 Å². The molecule has 1 atom stereocenters. The molecule has 3 heteroatoms. The van der Waals surface area contributed by atoms with Gasteiger partial charge in [0.05, 0.1) is 13.2 Å². The molecule has 0 spiro atoms. The average molecular weight is 292 g/mol. The Labute approximate surface area is 110 Å². The van der Waals surface area contributed by atoms with Crippen molar-refractivity contribution in [3.05, 3.63) is 64.1 Å². The van der Waals surface area contributed by atoms with Gasteiger partial charge in [0.2, 0.25) is 0 Å². The number of rotatable bonds is 3. The van der Waals surface area contributed by atoms with Crippen LogP contribution in [0.2, 0.25) is 0 Å². The molecule has 0 amide bonds. The van der Waals surface area contributed by atoms with Crippen molar-refractivity contribution in [1.29, 1.82) is 0 Å². The molecule has 0 heterocycles. The lowest BCUT2D eigenvalue weighted by atomic mass is 9.99. The van der Waals surface area contributed by atoms with Crippen molar-refractivity contribution >= 4 is 15.9 Å². The van der Waals surface area contributed by atoms with Gasteiger partial charge in [-0.3, -0.25) is 0 Å². The Morgan fingerprint density at radius 2 is 1.82 bits per heavy atom. The Bertz CT molecular complexity index is 499. The number of halogens is 1. The highest BCUT2D eigenvalue weighted by molar-refractivity contribution is 9.10. The van der Waals surface area contributed by atoms with Gasteiger partial charge in [-0.15, -0.1) is 0 Å². The summed E-state index contributed by atoms with van der Waals surface area (Å²) in [6, 6.07) is 15.7. The fourth-order valence-corrected chi connectivity index (χ4v) is 2.17. The summed E-state index contributed by atoms with van der Waals surface area (Å²) >= 11 is 3.46. The molecule has 0 aliphatic heterocycles. The predicted octanol–water partition coefficient (Wildman–Crippen LogP) is 3.51. The van der Waals surface area contributed by atoms with Crippen molar-refractivity contribution in [3.8, 4) is 5.75 Å². The molecule has 2 rings (SSSR count). The summed E-state index contributed by atoms with van der Waals surface area (Å²) in [6.45, 7) is 0. The minimum atomic E-state index is -0.177. The van der Waals surface area contributed by atoms with Crippen LogP contribution < -0.4 is 10.5 Å². The molecule has 2 aromatic rings. The van der Waals surface area contributed by atoms with Crippen molar-refractivity contribution < 1.29 is 4.74 Å². The van der Waals surface area contributed by atoms with Crippen LogP contribution in [0.5, 0.6) is 5.75 Å². The third-order valence-electron chi connectivity index (χ3n) is 2.69. The Kier molecular flexibility index (Phi) is 3.82. The lowest BCUT2D eigenvalue weighted by Crippen LogP contribution is -2.12. The molecule has 2 aromatic carbocycles. The largest absolute Gasteiger partial charge is 0.496 e. The van der Waals surface area contributed by atoms with E-state index in [0.717, 1.165) is 21.3 Å². The van der Waals surface area contributed by atoms with Crippen LogP contribution in [-0.4, -0.2) is 7.11 Å². The molecule has 2 N–H and O–H groups in total. The summed E-state index contributed by atoms with van der Waals surface area (Å²) in [5.74, 6) is 0.810. The zero-order chi connectivity index (χ0) is 12.3. The first-order valence-corrected chi connectivity index (χ1v) is 6.15. The maximum atomic E-state index is 6.26. The van der Waals surface area contributed by atoms with Crippen molar-refractivity contribution in [3.63, 3.8) is 0 Å². The maximum Gasteiger partial charge on any atom is 0.124 e. The van der Waals surface area contributed by atoms with Gasteiger partial charge in [0.15, 0.2) is 0 Å². The van der Waals surface area contributed by atoms with Crippen LogP contribution in [0, 0.1) is 0 Å². The van der Waals surface area contributed by atoms with E-state index >= 15 is 0 Å². The maximum absolute atomic E-state index is 6.26. The van der Waals surface area contributed by atoms with E-state index < -0.39 is 0 Å². The van der Waals surface area contributed by atoms with Gasteiger partial charge < -0.3 is 10.5 Å². The van der Waals surface area contributed by atoms with E-state index in [0.29, 0.717) is 0 Å². The molecule has 0 aliphatic carbocycles. The SMILES string of the molecule is COc1ccc(Br)cc1C(N)c1ccccc1. The normalized spacial score (nSPS) is 12.2. The lowest BCUT2D eigenvalue weighted by Gasteiger charge is -2.16. The summed E-state index contributed by atoms with van der Waals surface area (Å²) in [7, 11) is 1.66. The monoisotopic (exact) mass is 291 g/mol. The van der Waals surface area contributed by atoms with Gasteiger partial charge in [-0.25, -0.2) is 0 Å². The predicted molar refractivity (Wildman–Crippen MR) is 73.2 cm³/mol. The second-order valence-electron chi connectivity index (χ2n) is 3.77. The molecule has 0 aromatic heterocycles. The minimum Gasteiger partial charge on any atom is -0.496 e. The van der Waals surface area contributed by atoms with Crippen LogP contribution in [0.25, 0.3) is 0 Å². The molecule has 88 valence electrons. The number of nitrogens with two attached hydrogens (primary N) is 1.